The van der Waals surface area contributed by atoms with E-state index in [0.717, 1.165) is 24.2 Å². The van der Waals surface area contributed by atoms with Crippen molar-refractivity contribution in [3.63, 3.8) is 0 Å². The molecule has 0 aliphatic carbocycles. The van der Waals surface area contributed by atoms with Crippen LogP contribution < -0.4 is 0 Å². The van der Waals surface area contributed by atoms with Crippen LogP contribution in [0.2, 0.25) is 0 Å². The van der Waals surface area contributed by atoms with Gasteiger partial charge in [0.15, 0.2) is 5.70 Å². The molecule has 27 heavy (non-hydrogen) atoms. The van der Waals surface area contributed by atoms with Crippen molar-refractivity contribution in [2.75, 3.05) is 6.54 Å². The quantitative estimate of drug-likeness (QED) is 0.218. The van der Waals surface area contributed by atoms with E-state index in [0.29, 0.717) is 6.54 Å². The van der Waals surface area contributed by atoms with Gasteiger partial charge in [0.05, 0.1) is 0 Å². The van der Waals surface area contributed by atoms with Crippen molar-refractivity contribution in [2.45, 2.75) is 117 Å². The fraction of sp³-hybridized carbons (Fsp3) is 0.864. The second-order valence-corrected chi connectivity index (χ2v) is 8.09. The maximum atomic E-state index is 11.6. The third kappa shape index (κ3) is 8.54. The minimum Gasteiger partial charge on any atom is -0.433 e. The molecule has 1 heterocycles. The highest BCUT2D eigenvalue weighted by Crippen LogP contribution is 2.30. The van der Waals surface area contributed by atoms with Crippen molar-refractivity contribution in [1.82, 2.24) is 0 Å². The van der Waals surface area contributed by atoms with E-state index in [-0.39, 0.29) is 4.59 Å². The molecule has 1 aliphatic rings. The van der Waals surface area contributed by atoms with Crippen LogP contribution in [0.3, 0.4) is 0 Å². The van der Waals surface area contributed by atoms with Gasteiger partial charge < -0.3 is 5.11 Å². The standard InChI is InChI=1S/C22H41N3O2/c1-4-5-6-7-8-9-10-11-12-13-14-15-16-17-18-19-25(22(26)27)21(3)20(2)23-24-25/h4-19H2,1-3H3/p+1. The Bertz CT molecular complexity index is 488. The van der Waals surface area contributed by atoms with Gasteiger partial charge in [-0.1, -0.05) is 95.5 Å². The summed E-state index contributed by atoms with van der Waals surface area (Å²) in [6.45, 7) is 6.44. The van der Waals surface area contributed by atoms with Crippen molar-refractivity contribution in [2.24, 2.45) is 10.3 Å². The van der Waals surface area contributed by atoms with Crippen LogP contribution in [-0.2, 0) is 0 Å². The monoisotopic (exact) mass is 380 g/mol. The van der Waals surface area contributed by atoms with Crippen LogP contribution in [0.15, 0.2) is 21.7 Å². The molecule has 0 aromatic carbocycles. The first kappa shape index (κ1) is 23.8. The number of rotatable bonds is 16. The van der Waals surface area contributed by atoms with Crippen molar-refractivity contribution in [3.8, 4) is 0 Å². The van der Waals surface area contributed by atoms with Crippen LogP contribution in [-0.4, -0.2) is 22.3 Å². The van der Waals surface area contributed by atoms with E-state index in [9.17, 15) is 9.90 Å². The summed E-state index contributed by atoms with van der Waals surface area (Å²) < 4.78 is -0.343. The molecule has 5 heteroatoms. The molecule has 1 unspecified atom stereocenters. The van der Waals surface area contributed by atoms with E-state index in [1.165, 1.54) is 83.5 Å². The van der Waals surface area contributed by atoms with Gasteiger partial charge in [0, 0.05) is 18.6 Å². The summed E-state index contributed by atoms with van der Waals surface area (Å²) in [5.74, 6) is 0. The Labute approximate surface area is 166 Å². The first-order valence-corrected chi connectivity index (χ1v) is 11.3. The fourth-order valence-corrected chi connectivity index (χ4v) is 3.75. The van der Waals surface area contributed by atoms with Gasteiger partial charge in [-0.05, 0) is 17.9 Å². The molecule has 1 amide bonds. The summed E-state index contributed by atoms with van der Waals surface area (Å²) in [4.78, 5) is 11.6. The summed E-state index contributed by atoms with van der Waals surface area (Å²) in [5.41, 5.74) is 1.48. The third-order valence-electron chi connectivity index (χ3n) is 5.83. The van der Waals surface area contributed by atoms with Crippen LogP contribution in [0.1, 0.15) is 117 Å². The first-order chi connectivity index (χ1) is 13.0. The molecule has 1 atom stereocenters. The lowest BCUT2D eigenvalue weighted by atomic mass is 10.0. The molecule has 0 bridgehead atoms. The molecule has 0 saturated carbocycles. The zero-order chi connectivity index (χ0) is 20.0. The highest BCUT2D eigenvalue weighted by Gasteiger charge is 2.45. The minimum atomic E-state index is -0.918. The predicted octanol–water partition coefficient (Wildman–Crippen LogP) is 7.98. The maximum absolute atomic E-state index is 11.6. The summed E-state index contributed by atoms with van der Waals surface area (Å²) in [6.07, 6.45) is 18.7. The third-order valence-corrected chi connectivity index (χ3v) is 5.83. The molecule has 1 rings (SSSR count). The molecule has 0 fully saturated rings. The molecule has 5 nitrogen and oxygen atoms in total. The van der Waals surface area contributed by atoms with Crippen LogP contribution in [0.5, 0.6) is 0 Å². The number of nitrogens with zero attached hydrogens (tertiary/aromatic N) is 3. The summed E-state index contributed by atoms with van der Waals surface area (Å²) >= 11 is 0. The zero-order valence-corrected chi connectivity index (χ0v) is 18.0. The molecule has 1 aliphatic heterocycles. The van der Waals surface area contributed by atoms with Gasteiger partial charge in [-0.3, -0.25) is 0 Å². The number of carbonyl (C=O) groups is 1. The molecule has 0 aromatic heterocycles. The van der Waals surface area contributed by atoms with E-state index >= 15 is 0 Å². The molecular weight excluding hydrogens is 338 g/mol. The number of carboxylic acid groups (broad SMARTS) is 1. The van der Waals surface area contributed by atoms with E-state index in [1.54, 1.807) is 0 Å². The highest BCUT2D eigenvalue weighted by molar-refractivity contribution is 5.58. The van der Waals surface area contributed by atoms with Gasteiger partial charge in [-0.2, -0.15) is 4.79 Å². The minimum absolute atomic E-state index is 0.343. The SMILES string of the molecule is CCCCCCCCCCCCCCCCC[N+]1(C(=O)O)N=NC(C)=C1C. The van der Waals surface area contributed by atoms with Crippen LogP contribution in [0.4, 0.5) is 4.79 Å². The van der Waals surface area contributed by atoms with E-state index < -0.39 is 6.09 Å². The lowest BCUT2D eigenvalue weighted by Crippen LogP contribution is -2.44. The van der Waals surface area contributed by atoms with Crippen LogP contribution >= 0.6 is 0 Å². The zero-order valence-electron chi connectivity index (χ0n) is 18.0. The van der Waals surface area contributed by atoms with Gasteiger partial charge in [-0.25, -0.2) is 0 Å². The van der Waals surface area contributed by atoms with Gasteiger partial charge in [0.1, 0.15) is 12.2 Å². The Morgan fingerprint density at radius 2 is 1.19 bits per heavy atom. The number of unbranched alkanes of at least 4 members (excludes halogenated alkanes) is 14. The van der Waals surface area contributed by atoms with E-state index in [1.807, 2.05) is 13.8 Å². The largest absolute Gasteiger partial charge is 0.547 e. The number of hydrogen-bond donors (Lipinski definition) is 1. The first-order valence-electron chi connectivity index (χ1n) is 11.3. The topological polar surface area (TPSA) is 62.0 Å². The van der Waals surface area contributed by atoms with Crippen molar-refractivity contribution in [3.05, 3.63) is 11.4 Å². The van der Waals surface area contributed by atoms with E-state index in [4.69, 9.17) is 0 Å². The van der Waals surface area contributed by atoms with E-state index in [2.05, 4.69) is 17.3 Å². The lowest BCUT2D eigenvalue weighted by Gasteiger charge is -2.21. The number of amides is 1. The fourth-order valence-electron chi connectivity index (χ4n) is 3.75. The van der Waals surface area contributed by atoms with Crippen LogP contribution in [0.25, 0.3) is 0 Å². The Balaban J connectivity index is 1.95. The molecule has 0 spiro atoms. The smallest absolute Gasteiger partial charge is 0.433 e. The summed E-state index contributed by atoms with van der Waals surface area (Å²) in [5, 5.41) is 17.5. The van der Waals surface area contributed by atoms with Crippen molar-refractivity contribution in [1.29, 1.82) is 0 Å². The second kappa shape index (κ2) is 13.9. The lowest BCUT2D eigenvalue weighted by molar-refractivity contribution is -0.827. The number of hydrogen-bond acceptors (Lipinski definition) is 3. The van der Waals surface area contributed by atoms with Gasteiger partial charge >= 0.3 is 6.09 Å². The Morgan fingerprint density at radius 3 is 1.52 bits per heavy atom. The van der Waals surface area contributed by atoms with Crippen molar-refractivity contribution < 1.29 is 14.5 Å². The molecule has 0 radical (unpaired) electrons. The summed E-state index contributed by atoms with van der Waals surface area (Å²) in [7, 11) is 0. The molecular formula is C22H42N3O2+. The molecule has 1 N–H and O–H groups in total. The highest BCUT2D eigenvalue weighted by atomic mass is 16.4. The molecule has 0 aromatic rings. The van der Waals surface area contributed by atoms with Crippen LogP contribution in [0, 0.1) is 0 Å². The number of allylic oxidation sites excluding steroid dienone is 2. The van der Waals surface area contributed by atoms with Gasteiger partial charge in [-0.15, -0.1) is 0 Å². The van der Waals surface area contributed by atoms with Crippen molar-refractivity contribution >= 4 is 6.09 Å². The second-order valence-electron chi connectivity index (χ2n) is 8.09. The normalized spacial score (nSPS) is 19.2. The Morgan fingerprint density at radius 1 is 0.778 bits per heavy atom. The van der Waals surface area contributed by atoms with Gasteiger partial charge in [0.2, 0.25) is 0 Å². The maximum Gasteiger partial charge on any atom is 0.547 e. The predicted molar refractivity (Wildman–Crippen MR) is 111 cm³/mol. The average molecular weight is 381 g/mol. The number of quaternary nitrogens is 1. The summed E-state index contributed by atoms with van der Waals surface area (Å²) in [6, 6.07) is 0. The average Bonchev–Trinajstić information content (AvgIpc) is 2.94. The Kier molecular flexibility index (Phi) is 12.2. The Hall–Kier alpha value is -1.23. The van der Waals surface area contributed by atoms with Gasteiger partial charge in [0.25, 0.3) is 0 Å². The molecule has 156 valence electrons. The molecule has 0 saturated heterocycles.